The third kappa shape index (κ3) is 2.33. The number of para-hydroxylation sites is 2. The van der Waals surface area contributed by atoms with Crippen molar-refractivity contribution in [1.82, 2.24) is 0 Å². The fourth-order valence-electron chi connectivity index (χ4n) is 4.26. The molecule has 3 nitrogen and oxygen atoms in total. The van der Waals surface area contributed by atoms with E-state index in [-0.39, 0.29) is 0 Å². The molecule has 1 heterocycles. The number of rotatable bonds is 2. The molecule has 0 unspecified atom stereocenters. The lowest BCUT2D eigenvalue weighted by Gasteiger charge is -2.42. The molecule has 27 heavy (non-hydrogen) atoms. The predicted octanol–water partition coefficient (Wildman–Crippen LogP) is 5.41. The Morgan fingerprint density at radius 3 is 1.85 bits per heavy atom. The van der Waals surface area contributed by atoms with Crippen molar-refractivity contribution in [2.45, 2.75) is 19.3 Å². The van der Waals surface area contributed by atoms with Crippen molar-refractivity contribution >= 4 is 0 Å². The lowest BCUT2D eigenvalue weighted by molar-refractivity contribution is 0.398. The van der Waals surface area contributed by atoms with Crippen molar-refractivity contribution in [3.05, 3.63) is 94.5 Å². The monoisotopic (exact) mass is 350 g/mol. The maximum Gasteiger partial charge on any atom is 0.151 e. The van der Waals surface area contributed by atoms with Crippen molar-refractivity contribution in [3.8, 4) is 23.6 Å². The molecule has 4 rings (SSSR count). The van der Waals surface area contributed by atoms with Crippen LogP contribution in [-0.4, -0.2) is 0 Å². The summed E-state index contributed by atoms with van der Waals surface area (Å²) < 4.78 is 6.14. The van der Waals surface area contributed by atoms with Crippen molar-refractivity contribution < 1.29 is 4.74 Å². The second-order valence-electron chi connectivity index (χ2n) is 6.91. The van der Waals surface area contributed by atoms with Gasteiger partial charge in [0.05, 0.1) is 17.6 Å². The van der Waals surface area contributed by atoms with Gasteiger partial charge in [-0.2, -0.15) is 10.5 Å². The van der Waals surface area contributed by atoms with Gasteiger partial charge >= 0.3 is 0 Å². The first-order valence-electron chi connectivity index (χ1n) is 8.86. The molecule has 1 aliphatic heterocycles. The van der Waals surface area contributed by atoms with Crippen molar-refractivity contribution in [2.24, 2.45) is 5.92 Å². The molecule has 0 spiro atoms. The molecule has 3 aromatic rings. The SMILES string of the molecule is Cc1ccc(C2(C(C#N)C#N)c3ccccc3Oc3ccccc32)c(C)c1. The van der Waals surface area contributed by atoms with E-state index in [0.29, 0.717) is 11.5 Å². The number of ether oxygens (including phenoxy) is 1. The van der Waals surface area contributed by atoms with E-state index in [1.54, 1.807) is 0 Å². The molecule has 3 heteroatoms. The number of benzene rings is 3. The molecule has 0 saturated heterocycles. The Morgan fingerprint density at radius 2 is 1.33 bits per heavy atom. The Kier molecular flexibility index (Phi) is 3.94. The molecule has 0 atom stereocenters. The van der Waals surface area contributed by atoms with Crippen molar-refractivity contribution in [1.29, 1.82) is 10.5 Å². The molecule has 0 radical (unpaired) electrons. The van der Waals surface area contributed by atoms with Gasteiger partial charge in [-0.05, 0) is 37.1 Å². The predicted molar refractivity (Wildman–Crippen MR) is 103 cm³/mol. The van der Waals surface area contributed by atoms with E-state index in [1.807, 2.05) is 74.5 Å². The Balaban J connectivity index is 2.21. The summed E-state index contributed by atoms with van der Waals surface area (Å²) in [7, 11) is 0. The minimum absolute atomic E-state index is 0.687. The summed E-state index contributed by atoms with van der Waals surface area (Å²) in [6.07, 6.45) is 0. The van der Waals surface area contributed by atoms with Crippen LogP contribution in [0.15, 0.2) is 66.7 Å². The first kappa shape index (κ1) is 16.9. The van der Waals surface area contributed by atoms with Crippen LogP contribution in [0.5, 0.6) is 11.5 Å². The fraction of sp³-hybridized carbons (Fsp3) is 0.167. The molecule has 0 aromatic heterocycles. The van der Waals surface area contributed by atoms with E-state index < -0.39 is 11.3 Å². The molecule has 0 aliphatic carbocycles. The molecule has 3 aromatic carbocycles. The Hall–Kier alpha value is -3.56. The molecule has 0 amide bonds. The summed E-state index contributed by atoms with van der Waals surface area (Å²) in [4.78, 5) is 0. The summed E-state index contributed by atoms with van der Waals surface area (Å²) in [5, 5.41) is 20.0. The third-order valence-electron chi connectivity index (χ3n) is 5.34. The van der Waals surface area contributed by atoms with Gasteiger partial charge in [0, 0.05) is 11.1 Å². The molecule has 0 N–H and O–H groups in total. The highest BCUT2D eigenvalue weighted by Gasteiger charge is 2.50. The number of nitriles is 2. The largest absolute Gasteiger partial charge is 0.457 e. The van der Waals surface area contributed by atoms with Crippen LogP contribution in [0.25, 0.3) is 0 Å². The quantitative estimate of drug-likeness (QED) is 0.621. The Bertz CT molecular complexity index is 1060. The molecular formula is C24H18N2O. The smallest absolute Gasteiger partial charge is 0.151 e. The van der Waals surface area contributed by atoms with Gasteiger partial charge in [0.1, 0.15) is 11.5 Å². The second-order valence-corrected chi connectivity index (χ2v) is 6.91. The van der Waals surface area contributed by atoms with Crippen LogP contribution in [0.4, 0.5) is 0 Å². The molecule has 1 aliphatic rings. The summed E-state index contributed by atoms with van der Waals surface area (Å²) in [5.74, 6) is 0.475. The van der Waals surface area contributed by atoms with Crippen LogP contribution in [0.2, 0.25) is 0 Å². The molecule has 0 saturated carbocycles. The van der Waals surface area contributed by atoms with Crippen LogP contribution in [0.1, 0.15) is 27.8 Å². The van der Waals surface area contributed by atoms with E-state index in [0.717, 1.165) is 27.8 Å². The van der Waals surface area contributed by atoms with Crippen LogP contribution in [0, 0.1) is 42.4 Å². The third-order valence-corrected chi connectivity index (χ3v) is 5.34. The topological polar surface area (TPSA) is 56.8 Å². The summed E-state index contributed by atoms with van der Waals surface area (Å²) in [5.41, 5.74) is 3.95. The number of hydrogen-bond acceptors (Lipinski definition) is 3. The number of aryl methyl sites for hydroxylation is 2. The average molecular weight is 350 g/mol. The lowest BCUT2D eigenvalue weighted by atomic mass is 9.60. The summed E-state index contributed by atoms with van der Waals surface area (Å²) in [6.45, 7) is 4.08. The zero-order valence-corrected chi connectivity index (χ0v) is 15.2. The van der Waals surface area contributed by atoms with Gasteiger partial charge in [-0.15, -0.1) is 0 Å². The van der Waals surface area contributed by atoms with Crippen molar-refractivity contribution in [2.75, 3.05) is 0 Å². The standard InChI is InChI=1S/C24H18N2O/c1-16-11-12-19(17(2)13-16)24(18(14-25)15-26)20-7-3-5-9-22(20)27-23-10-6-4-8-21(23)24/h3-13,18H,1-2H3. The summed E-state index contributed by atoms with van der Waals surface area (Å²) >= 11 is 0. The van der Waals surface area contributed by atoms with Gasteiger partial charge in [-0.3, -0.25) is 0 Å². The van der Waals surface area contributed by atoms with Gasteiger partial charge < -0.3 is 4.74 Å². The maximum absolute atomic E-state index is 9.99. The van der Waals surface area contributed by atoms with Crippen LogP contribution in [0.3, 0.4) is 0 Å². The summed E-state index contributed by atoms with van der Waals surface area (Å²) in [6, 6.07) is 26.1. The highest BCUT2D eigenvalue weighted by molar-refractivity contribution is 5.66. The van der Waals surface area contributed by atoms with Gasteiger partial charge in [-0.25, -0.2) is 0 Å². The van der Waals surface area contributed by atoms with E-state index in [9.17, 15) is 10.5 Å². The minimum Gasteiger partial charge on any atom is -0.457 e. The number of hydrogen-bond donors (Lipinski definition) is 0. The molecular weight excluding hydrogens is 332 g/mol. The normalized spacial score (nSPS) is 13.7. The number of fused-ring (bicyclic) bond motifs is 2. The van der Waals surface area contributed by atoms with Gasteiger partial charge in [0.2, 0.25) is 0 Å². The minimum atomic E-state index is -0.910. The highest BCUT2D eigenvalue weighted by atomic mass is 16.5. The van der Waals surface area contributed by atoms with Crippen LogP contribution in [-0.2, 0) is 5.41 Å². The van der Waals surface area contributed by atoms with Crippen LogP contribution < -0.4 is 4.74 Å². The van der Waals surface area contributed by atoms with E-state index in [2.05, 4.69) is 18.2 Å². The van der Waals surface area contributed by atoms with E-state index in [1.165, 1.54) is 0 Å². The molecule has 0 bridgehead atoms. The molecule has 0 fully saturated rings. The van der Waals surface area contributed by atoms with Gasteiger partial charge in [0.25, 0.3) is 0 Å². The van der Waals surface area contributed by atoms with Gasteiger partial charge in [-0.1, -0.05) is 60.2 Å². The first-order chi connectivity index (χ1) is 13.1. The second kappa shape index (κ2) is 6.31. The number of nitrogens with zero attached hydrogens (tertiary/aromatic N) is 2. The van der Waals surface area contributed by atoms with Gasteiger partial charge in [0.15, 0.2) is 5.92 Å². The van der Waals surface area contributed by atoms with E-state index >= 15 is 0 Å². The Labute approximate surface area is 159 Å². The highest BCUT2D eigenvalue weighted by Crippen LogP contribution is 2.55. The molecule has 130 valence electrons. The zero-order valence-electron chi connectivity index (χ0n) is 15.2. The van der Waals surface area contributed by atoms with Crippen LogP contribution >= 0.6 is 0 Å². The Morgan fingerprint density at radius 1 is 0.778 bits per heavy atom. The van der Waals surface area contributed by atoms with Crippen molar-refractivity contribution in [3.63, 3.8) is 0 Å². The average Bonchev–Trinajstić information content (AvgIpc) is 2.68. The maximum atomic E-state index is 9.99. The fourth-order valence-corrected chi connectivity index (χ4v) is 4.26. The zero-order chi connectivity index (χ0) is 19.0. The van der Waals surface area contributed by atoms with E-state index in [4.69, 9.17) is 4.74 Å². The first-order valence-corrected chi connectivity index (χ1v) is 8.86. The lowest BCUT2D eigenvalue weighted by Crippen LogP contribution is -2.40.